The molecule has 0 radical (unpaired) electrons. The van der Waals surface area contributed by atoms with Gasteiger partial charge in [0.05, 0.1) is 6.10 Å². The third-order valence-corrected chi connectivity index (χ3v) is 5.14. The van der Waals surface area contributed by atoms with Crippen LogP contribution in [0.2, 0.25) is 0 Å². The third-order valence-electron chi connectivity index (χ3n) is 5.14. The van der Waals surface area contributed by atoms with Crippen molar-refractivity contribution in [3.63, 3.8) is 0 Å². The van der Waals surface area contributed by atoms with E-state index >= 15 is 0 Å². The summed E-state index contributed by atoms with van der Waals surface area (Å²) < 4.78 is 13.3. The van der Waals surface area contributed by atoms with Crippen LogP contribution in [0.3, 0.4) is 0 Å². The minimum absolute atomic E-state index is 0.0884. The molecule has 1 aliphatic rings. The second-order valence-corrected chi connectivity index (χ2v) is 7.24. The zero-order valence-electron chi connectivity index (χ0n) is 16.8. The molecule has 1 amide bonds. The van der Waals surface area contributed by atoms with Gasteiger partial charge in [-0.25, -0.2) is 9.78 Å². The number of carbonyl (C=O) groups excluding carboxylic acids is 1. The van der Waals surface area contributed by atoms with Crippen LogP contribution < -0.4 is 21.3 Å². The van der Waals surface area contributed by atoms with Crippen molar-refractivity contribution in [1.82, 2.24) is 24.4 Å². The number of fused-ring (bicyclic) bond motifs is 1. The summed E-state index contributed by atoms with van der Waals surface area (Å²) in [6, 6.07) is 6.96. The molecule has 2 aromatic heterocycles. The molecular formula is C20H23N5O5. The number of rotatable bonds is 6. The molecule has 10 heteroatoms. The normalized spacial score (nSPS) is 16.1. The molecule has 0 bridgehead atoms. The number of aryl methyl sites for hydroxylation is 1. The zero-order chi connectivity index (χ0) is 21.3. The van der Waals surface area contributed by atoms with E-state index in [0.717, 1.165) is 29.6 Å². The van der Waals surface area contributed by atoms with Gasteiger partial charge >= 0.3 is 5.69 Å². The molecule has 3 aromatic rings. The highest BCUT2D eigenvalue weighted by molar-refractivity contribution is 5.77. The van der Waals surface area contributed by atoms with Gasteiger partial charge in [-0.2, -0.15) is 0 Å². The van der Waals surface area contributed by atoms with Crippen LogP contribution in [0.1, 0.15) is 12.8 Å². The number of nitrogens with one attached hydrogen (secondary N) is 2. The van der Waals surface area contributed by atoms with E-state index in [9.17, 15) is 14.4 Å². The number of amides is 1. The molecule has 10 nitrogen and oxygen atoms in total. The molecule has 3 heterocycles. The van der Waals surface area contributed by atoms with Crippen LogP contribution in [0.5, 0.6) is 5.75 Å². The lowest BCUT2D eigenvalue weighted by Gasteiger charge is -2.11. The molecule has 158 valence electrons. The second kappa shape index (κ2) is 8.15. The summed E-state index contributed by atoms with van der Waals surface area (Å²) in [6.45, 7) is 1.16. The summed E-state index contributed by atoms with van der Waals surface area (Å²) in [7, 11) is 2.99. The molecule has 1 fully saturated rings. The van der Waals surface area contributed by atoms with Crippen molar-refractivity contribution in [1.29, 1.82) is 0 Å². The lowest BCUT2D eigenvalue weighted by molar-refractivity contribution is -0.123. The van der Waals surface area contributed by atoms with Gasteiger partial charge in [0.15, 0.2) is 12.3 Å². The minimum atomic E-state index is -0.438. The molecule has 0 unspecified atom stereocenters. The summed E-state index contributed by atoms with van der Waals surface area (Å²) in [5.41, 5.74) is 0.406. The smallest absolute Gasteiger partial charge is 0.332 e. The number of hydrogen-bond acceptors (Lipinski definition) is 6. The maximum Gasteiger partial charge on any atom is 0.332 e. The molecule has 30 heavy (non-hydrogen) atoms. The van der Waals surface area contributed by atoms with E-state index in [4.69, 9.17) is 9.47 Å². The molecule has 0 aliphatic carbocycles. The number of imidazole rings is 1. The van der Waals surface area contributed by atoms with Gasteiger partial charge < -0.3 is 19.8 Å². The Balaban J connectivity index is 1.43. The van der Waals surface area contributed by atoms with E-state index in [1.807, 2.05) is 0 Å². The van der Waals surface area contributed by atoms with Gasteiger partial charge in [0.2, 0.25) is 0 Å². The summed E-state index contributed by atoms with van der Waals surface area (Å²) >= 11 is 0. The zero-order valence-corrected chi connectivity index (χ0v) is 16.8. The van der Waals surface area contributed by atoms with Gasteiger partial charge in [-0.1, -0.05) is 0 Å². The Bertz CT molecular complexity index is 1190. The van der Waals surface area contributed by atoms with Crippen LogP contribution in [0.25, 0.3) is 22.6 Å². The van der Waals surface area contributed by atoms with Crippen molar-refractivity contribution in [3.05, 3.63) is 45.1 Å². The standard InChI is InChI=1S/C20H23N5O5/c1-24-18-16(19(27)25(2)20(24)28)22-17(23-18)12-5-7-13(8-6-12)30-11-15(26)21-10-14-4-3-9-29-14/h5-8,14H,3-4,9-11H2,1-2H3,(H,21,26)(H,22,23)/t14-/m0/s1. The topological polar surface area (TPSA) is 120 Å². The van der Waals surface area contributed by atoms with Crippen molar-refractivity contribution in [2.75, 3.05) is 19.8 Å². The SMILES string of the molecule is Cn1c(=O)c2[nH]c(-c3ccc(OCC(=O)NC[C@@H]4CCCO4)cc3)nc2n(C)c1=O. The van der Waals surface area contributed by atoms with Gasteiger partial charge in [-0.05, 0) is 37.1 Å². The number of aromatic nitrogens is 4. The summed E-state index contributed by atoms with van der Waals surface area (Å²) in [5, 5.41) is 2.80. The van der Waals surface area contributed by atoms with Crippen LogP contribution in [-0.2, 0) is 23.6 Å². The van der Waals surface area contributed by atoms with E-state index in [1.165, 1.54) is 11.6 Å². The maximum absolute atomic E-state index is 12.3. The Hall–Kier alpha value is -3.40. The fourth-order valence-electron chi connectivity index (χ4n) is 3.40. The van der Waals surface area contributed by atoms with Gasteiger partial charge in [-0.3, -0.25) is 18.7 Å². The molecule has 1 saturated heterocycles. The van der Waals surface area contributed by atoms with Crippen LogP contribution in [0, 0.1) is 0 Å². The molecule has 2 N–H and O–H groups in total. The van der Waals surface area contributed by atoms with Crippen molar-refractivity contribution in [3.8, 4) is 17.1 Å². The average molecular weight is 413 g/mol. The van der Waals surface area contributed by atoms with Gasteiger partial charge in [0.1, 0.15) is 17.1 Å². The van der Waals surface area contributed by atoms with Gasteiger partial charge in [0.25, 0.3) is 11.5 Å². The van der Waals surface area contributed by atoms with E-state index < -0.39 is 11.2 Å². The molecule has 0 saturated carbocycles. The predicted octanol–water partition coefficient (Wildman–Crippen LogP) is 0.301. The number of benzene rings is 1. The number of ether oxygens (including phenoxy) is 2. The third kappa shape index (κ3) is 3.86. The summed E-state index contributed by atoms with van der Waals surface area (Å²) in [5.74, 6) is 0.790. The van der Waals surface area contributed by atoms with Crippen molar-refractivity contribution in [2.45, 2.75) is 18.9 Å². The Morgan fingerprint density at radius 3 is 2.73 bits per heavy atom. The first-order valence-corrected chi connectivity index (χ1v) is 9.71. The maximum atomic E-state index is 12.3. The van der Waals surface area contributed by atoms with Crippen LogP contribution in [0.15, 0.2) is 33.9 Å². The fourth-order valence-corrected chi connectivity index (χ4v) is 3.40. The predicted molar refractivity (Wildman–Crippen MR) is 109 cm³/mol. The first-order chi connectivity index (χ1) is 14.4. The largest absolute Gasteiger partial charge is 0.484 e. The molecule has 1 aromatic carbocycles. The van der Waals surface area contributed by atoms with Crippen molar-refractivity contribution >= 4 is 17.1 Å². The quantitative estimate of drug-likeness (QED) is 0.600. The second-order valence-electron chi connectivity index (χ2n) is 7.24. The fraction of sp³-hybridized carbons (Fsp3) is 0.400. The number of nitrogens with zero attached hydrogens (tertiary/aromatic N) is 3. The molecule has 0 spiro atoms. The van der Waals surface area contributed by atoms with Crippen LogP contribution in [-0.4, -0.2) is 50.9 Å². The number of hydrogen-bond donors (Lipinski definition) is 2. The molecule has 4 rings (SSSR count). The molecule has 1 atom stereocenters. The number of H-pyrrole nitrogens is 1. The van der Waals surface area contributed by atoms with Gasteiger partial charge in [0, 0.05) is 32.8 Å². The lowest BCUT2D eigenvalue weighted by atomic mass is 10.2. The van der Waals surface area contributed by atoms with E-state index in [2.05, 4.69) is 15.3 Å². The highest BCUT2D eigenvalue weighted by Crippen LogP contribution is 2.21. The number of aromatic amines is 1. The lowest BCUT2D eigenvalue weighted by Crippen LogP contribution is -2.36. The highest BCUT2D eigenvalue weighted by atomic mass is 16.5. The van der Waals surface area contributed by atoms with E-state index in [1.54, 1.807) is 31.3 Å². The van der Waals surface area contributed by atoms with E-state index in [0.29, 0.717) is 23.8 Å². The summed E-state index contributed by atoms with van der Waals surface area (Å²) in [6.07, 6.45) is 2.08. The monoisotopic (exact) mass is 413 g/mol. The van der Waals surface area contributed by atoms with Crippen molar-refractivity contribution in [2.24, 2.45) is 14.1 Å². The van der Waals surface area contributed by atoms with E-state index in [-0.39, 0.29) is 24.1 Å². The molecular weight excluding hydrogens is 390 g/mol. The highest BCUT2D eigenvalue weighted by Gasteiger charge is 2.17. The Labute approximate surface area is 171 Å². The van der Waals surface area contributed by atoms with Crippen LogP contribution >= 0.6 is 0 Å². The minimum Gasteiger partial charge on any atom is -0.484 e. The number of carbonyl (C=O) groups is 1. The molecule has 1 aliphatic heterocycles. The first-order valence-electron chi connectivity index (χ1n) is 9.71. The Morgan fingerprint density at radius 2 is 2.03 bits per heavy atom. The van der Waals surface area contributed by atoms with Crippen LogP contribution in [0.4, 0.5) is 0 Å². The first kappa shape index (κ1) is 19.9. The average Bonchev–Trinajstić information content (AvgIpc) is 3.44. The van der Waals surface area contributed by atoms with Crippen molar-refractivity contribution < 1.29 is 14.3 Å². The van der Waals surface area contributed by atoms with Gasteiger partial charge in [-0.15, -0.1) is 0 Å². The Kier molecular flexibility index (Phi) is 5.40. The Morgan fingerprint density at radius 1 is 1.27 bits per heavy atom. The summed E-state index contributed by atoms with van der Waals surface area (Å²) in [4.78, 5) is 43.6.